The molecule has 1 spiro atoms. The molecule has 0 unspecified atom stereocenters. The number of carbonyl (C=O) groups excluding carboxylic acids is 1. The molecule has 0 saturated carbocycles. The number of nitrogens with zero attached hydrogens (tertiary/aromatic N) is 2. The minimum atomic E-state index is -0.992. The number of benzene rings is 3. The number of hydrogen-bond acceptors (Lipinski definition) is 6. The fraction of sp³-hybridized carbons (Fsp3) is 0.375. The van der Waals surface area contributed by atoms with Crippen molar-refractivity contribution in [1.82, 2.24) is 4.90 Å². The van der Waals surface area contributed by atoms with E-state index in [9.17, 15) is 19.1 Å². The normalized spacial score (nSPS) is 16.6. The van der Waals surface area contributed by atoms with Crippen molar-refractivity contribution in [3.05, 3.63) is 77.1 Å². The average molecular weight is 563 g/mol. The Balaban J connectivity index is 1.30. The van der Waals surface area contributed by atoms with E-state index in [0.717, 1.165) is 29.8 Å². The summed E-state index contributed by atoms with van der Waals surface area (Å²) in [5.74, 6) is 0.0939. The summed E-state index contributed by atoms with van der Waals surface area (Å²) in [5, 5.41) is 9.33. The fourth-order valence-corrected chi connectivity index (χ4v) is 5.69. The second kappa shape index (κ2) is 11.8. The molecule has 0 radical (unpaired) electrons. The smallest absolute Gasteiger partial charge is 0.415 e. The molecular formula is C32H35FN2O6. The van der Waals surface area contributed by atoms with Crippen molar-refractivity contribution in [2.24, 2.45) is 0 Å². The molecule has 3 aromatic rings. The van der Waals surface area contributed by atoms with Crippen LogP contribution < -0.4 is 14.4 Å². The number of carbonyl (C=O) groups is 2. The van der Waals surface area contributed by atoms with Gasteiger partial charge in [-0.2, -0.15) is 0 Å². The third-order valence-corrected chi connectivity index (χ3v) is 7.75. The number of aryl methyl sites for hydroxylation is 1. The molecule has 0 atom stereocenters. The van der Waals surface area contributed by atoms with Gasteiger partial charge in [-0.25, -0.2) is 14.0 Å². The lowest BCUT2D eigenvalue weighted by Gasteiger charge is -2.37. The summed E-state index contributed by atoms with van der Waals surface area (Å²) in [6.45, 7) is 9.14. The Kier molecular flexibility index (Phi) is 8.17. The third kappa shape index (κ3) is 6.00. The van der Waals surface area contributed by atoms with Gasteiger partial charge in [0.2, 0.25) is 0 Å². The molecule has 1 N–H and O–H groups in total. The van der Waals surface area contributed by atoms with Crippen LogP contribution in [0.2, 0.25) is 0 Å². The highest BCUT2D eigenvalue weighted by atomic mass is 19.1. The first-order chi connectivity index (χ1) is 19.7. The lowest BCUT2D eigenvalue weighted by molar-refractivity contribution is -0.00101. The second-order valence-electron chi connectivity index (χ2n) is 10.6. The Morgan fingerprint density at radius 3 is 2.20 bits per heavy atom. The number of anilines is 1. The van der Waals surface area contributed by atoms with E-state index in [1.807, 2.05) is 26.0 Å². The Labute approximate surface area is 239 Å². The lowest BCUT2D eigenvalue weighted by atomic mass is 9.90. The number of aromatic carboxylic acids is 1. The first kappa shape index (κ1) is 28.4. The van der Waals surface area contributed by atoms with Crippen molar-refractivity contribution >= 4 is 17.7 Å². The van der Waals surface area contributed by atoms with Crippen LogP contribution in [0.25, 0.3) is 11.1 Å². The third-order valence-electron chi connectivity index (χ3n) is 7.75. The van der Waals surface area contributed by atoms with E-state index in [1.54, 1.807) is 36.1 Å². The van der Waals surface area contributed by atoms with Crippen LogP contribution in [0.3, 0.4) is 0 Å². The van der Waals surface area contributed by atoms with Crippen molar-refractivity contribution in [3.8, 4) is 22.6 Å². The van der Waals surface area contributed by atoms with E-state index >= 15 is 0 Å². The lowest BCUT2D eigenvalue weighted by Crippen LogP contribution is -2.46. The van der Waals surface area contributed by atoms with Crippen LogP contribution in [-0.2, 0) is 11.3 Å². The molecule has 0 aliphatic carbocycles. The number of halogens is 1. The number of hydrogen-bond donors (Lipinski definition) is 1. The van der Waals surface area contributed by atoms with Crippen LogP contribution in [0, 0.1) is 12.7 Å². The Morgan fingerprint density at radius 2 is 1.63 bits per heavy atom. The molecule has 2 saturated heterocycles. The molecular weight excluding hydrogens is 527 g/mol. The topological polar surface area (TPSA) is 88.5 Å². The zero-order chi connectivity index (χ0) is 29.1. The summed E-state index contributed by atoms with van der Waals surface area (Å²) in [4.78, 5) is 28.2. The summed E-state index contributed by atoms with van der Waals surface area (Å²) in [5.41, 5.74) is 3.55. The minimum Gasteiger partial charge on any atom is -0.493 e. The molecule has 41 heavy (non-hydrogen) atoms. The number of amides is 1. The summed E-state index contributed by atoms with van der Waals surface area (Å²) in [6.07, 6.45) is 0.970. The van der Waals surface area contributed by atoms with Gasteiger partial charge < -0.3 is 19.3 Å². The quantitative estimate of drug-likeness (QED) is 0.328. The highest BCUT2D eigenvalue weighted by Crippen LogP contribution is 2.41. The van der Waals surface area contributed by atoms with E-state index in [1.165, 1.54) is 18.2 Å². The van der Waals surface area contributed by atoms with Gasteiger partial charge in [-0.3, -0.25) is 9.80 Å². The molecule has 2 aliphatic rings. The van der Waals surface area contributed by atoms with E-state index in [4.69, 9.17) is 14.2 Å². The molecule has 0 bridgehead atoms. The predicted octanol–water partition coefficient (Wildman–Crippen LogP) is 6.29. The van der Waals surface area contributed by atoms with Gasteiger partial charge in [0, 0.05) is 38.2 Å². The van der Waals surface area contributed by atoms with Crippen LogP contribution in [0.4, 0.5) is 14.9 Å². The van der Waals surface area contributed by atoms with Gasteiger partial charge in [0.05, 0.1) is 30.9 Å². The zero-order valence-corrected chi connectivity index (χ0v) is 23.6. The monoisotopic (exact) mass is 562 g/mol. The second-order valence-corrected chi connectivity index (χ2v) is 10.6. The summed E-state index contributed by atoms with van der Waals surface area (Å²) < 4.78 is 31.6. The SMILES string of the molecule is CCOc1cc(CN2CCC3(CC2)CN(c2ccc(C(=O)O)c(C)c2)C(=O)O3)cc(OCC)c1-c1ccc(F)cc1. The molecule has 8 nitrogen and oxygen atoms in total. The first-order valence-corrected chi connectivity index (χ1v) is 14.0. The van der Waals surface area contributed by atoms with Gasteiger partial charge in [0.15, 0.2) is 0 Å². The van der Waals surface area contributed by atoms with Crippen LogP contribution in [0.15, 0.2) is 54.6 Å². The zero-order valence-electron chi connectivity index (χ0n) is 23.6. The molecule has 216 valence electrons. The van der Waals surface area contributed by atoms with Crippen molar-refractivity contribution in [2.75, 3.05) is 37.7 Å². The van der Waals surface area contributed by atoms with Crippen molar-refractivity contribution in [2.45, 2.75) is 45.8 Å². The largest absolute Gasteiger partial charge is 0.493 e. The van der Waals surface area contributed by atoms with E-state index in [2.05, 4.69) is 4.90 Å². The van der Waals surface area contributed by atoms with Gasteiger partial charge >= 0.3 is 12.1 Å². The van der Waals surface area contributed by atoms with Gasteiger partial charge in [0.1, 0.15) is 22.9 Å². The molecule has 9 heteroatoms. The molecule has 0 aromatic heterocycles. The summed E-state index contributed by atoms with van der Waals surface area (Å²) in [6, 6.07) is 15.3. The standard InChI is InChI=1S/C32H35FN2O6/c1-4-39-27-17-22(18-28(40-5-2)29(27)23-6-8-24(33)9-7-23)19-34-14-12-32(13-15-34)20-35(31(38)41-32)25-10-11-26(30(36)37)21(3)16-25/h6-11,16-18H,4-5,12-15,19-20H2,1-3H3,(H,36,37). The minimum absolute atomic E-state index is 0.218. The average Bonchev–Trinajstić information content (AvgIpc) is 3.26. The highest BCUT2D eigenvalue weighted by molar-refractivity contribution is 5.93. The van der Waals surface area contributed by atoms with Crippen LogP contribution in [0.1, 0.15) is 48.2 Å². The highest BCUT2D eigenvalue weighted by Gasteiger charge is 2.47. The first-order valence-electron chi connectivity index (χ1n) is 14.0. The number of carboxylic acid groups (broad SMARTS) is 1. The summed E-state index contributed by atoms with van der Waals surface area (Å²) >= 11 is 0. The molecule has 2 aliphatic heterocycles. The van der Waals surface area contributed by atoms with E-state index in [0.29, 0.717) is 61.9 Å². The fourth-order valence-electron chi connectivity index (χ4n) is 5.69. The number of likely N-dealkylation sites (tertiary alicyclic amines) is 1. The molecule has 1 amide bonds. The molecule has 2 fully saturated rings. The number of carboxylic acids is 1. The van der Waals surface area contributed by atoms with Crippen molar-refractivity contribution in [3.63, 3.8) is 0 Å². The van der Waals surface area contributed by atoms with Crippen LogP contribution in [-0.4, -0.2) is 60.5 Å². The van der Waals surface area contributed by atoms with Gasteiger partial charge in [-0.1, -0.05) is 12.1 Å². The number of ether oxygens (including phenoxy) is 3. The van der Waals surface area contributed by atoms with Crippen molar-refractivity contribution in [1.29, 1.82) is 0 Å². The Bertz CT molecular complexity index is 1410. The number of piperidine rings is 1. The predicted molar refractivity (Wildman–Crippen MR) is 153 cm³/mol. The maximum Gasteiger partial charge on any atom is 0.415 e. The maximum absolute atomic E-state index is 13.6. The molecule has 2 heterocycles. The van der Waals surface area contributed by atoms with Crippen molar-refractivity contribution < 1.29 is 33.3 Å². The molecule has 3 aromatic carbocycles. The van der Waals surface area contributed by atoms with Gasteiger partial charge in [-0.15, -0.1) is 0 Å². The van der Waals surface area contributed by atoms with Crippen LogP contribution in [0.5, 0.6) is 11.5 Å². The Morgan fingerprint density at radius 1 is 1.00 bits per heavy atom. The maximum atomic E-state index is 13.6. The van der Waals surface area contributed by atoms with E-state index < -0.39 is 17.7 Å². The Hall–Kier alpha value is -4.11. The number of rotatable bonds is 9. The van der Waals surface area contributed by atoms with Gasteiger partial charge in [-0.05, 0) is 79.9 Å². The van der Waals surface area contributed by atoms with E-state index in [-0.39, 0.29) is 11.4 Å². The molecule has 5 rings (SSSR count). The summed E-state index contributed by atoms with van der Waals surface area (Å²) in [7, 11) is 0. The van der Waals surface area contributed by atoms with Gasteiger partial charge in [0.25, 0.3) is 0 Å². The van der Waals surface area contributed by atoms with Crippen LogP contribution >= 0.6 is 0 Å².